The van der Waals surface area contributed by atoms with Gasteiger partial charge in [-0.05, 0) is 48.4 Å². The summed E-state index contributed by atoms with van der Waals surface area (Å²) in [7, 11) is 0. The molecule has 2 aromatic rings. The van der Waals surface area contributed by atoms with Crippen molar-refractivity contribution in [2.75, 3.05) is 19.8 Å². The minimum atomic E-state index is -0.678. The zero-order valence-electron chi connectivity index (χ0n) is 21.0. The Hall–Kier alpha value is -3.76. The van der Waals surface area contributed by atoms with Crippen molar-refractivity contribution in [3.05, 3.63) is 64.7 Å². The Bertz CT molecular complexity index is 1220. The number of fused-ring (bicyclic) bond motifs is 1. The summed E-state index contributed by atoms with van der Waals surface area (Å²) in [6, 6.07) is 12.2. The molecule has 4 amide bonds. The molecule has 2 fully saturated rings. The molecule has 0 radical (unpaired) electrons. The molecular weight excluding hydrogens is 490 g/mol. The van der Waals surface area contributed by atoms with Crippen LogP contribution in [0.15, 0.2) is 42.5 Å². The number of nitrogens with zero attached hydrogens (tertiary/aromatic N) is 1. The Morgan fingerprint density at radius 3 is 2.58 bits per heavy atom. The third-order valence-electron chi connectivity index (χ3n) is 7.47. The molecule has 3 aliphatic heterocycles. The second kappa shape index (κ2) is 11.3. The summed E-state index contributed by atoms with van der Waals surface area (Å²) >= 11 is 0. The maximum atomic E-state index is 13.0. The number of nitrogens with one attached hydrogen (secondary N) is 2. The van der Waals surface area contributed by atoms with Crippen LogP contribution in [0, 0.1) is 5.92 Å². The summed E-state index contributed by atoms with van der Waals surface area (Å²) in [6.07, 6.45) is 2.17. The van der Waals surface area contributed by atoms with E-state index in [4.69, 9.17) is 9.47 Å². The molecule has 3 aliphatic rings. The minimum Gasteiger partial charge on any atom is -0.489 e. The standard InChI is InChI=1S/C28H31N3O7/c32-15-25(34)29-26(19-10-12-37-13-11-19)18-6-4-17(5-7-18)16-38-23-3-1-2-20-21(23)14-31(28(20)36)22-8-9-24(33)30-27(22)35/h1-7,19,22,26,32H,8-16H2,(H,29,34)(H,30,33,35)/t22-,26?/m0/s1. The van der Waals surface area contributed by atoms with Crippen LogP contribution >= 0.6 is 0 Å². The van der Waals surface area contributed by atoms with Crippen molar-refractivity contribution in [3.63, 3.8) is 0 Å². The lowest BCUT2D eigenvalue weighted by Crippen LogP contribution is -2.52. The van der Waals surface area contributed by atoms with Gasteiger partial charge in [0.25, 0.3) is 5.91 Å². The molecular formula is C28H31N3O7. The van der Waals surface area contributed by atoms with Crippen molar-refractivity contribution in [2.24, 2.45) is 5.92 Å². The highest BCUT2D eigenvalue weighted by Crippen LogP contribution is 2.34. The van der Waals surface area contributed by atoms with Crippen LogP contribution in [-0.4, -0.2) is 59.5 Å². The van der Waals surface area contributed by atoms with Crippen LogP contribution in [0.3, 0.4) is 0 Å². The van der Waals surface area contributed by atoms with Gasteiger partial charge in [0.2, 0.25) is 17.7 Å². The van der Waals surface area contributed by atoms with Gasteiger partial charge in [0.15, 0.2) is 0 Å². The molecule has 0 bridgehead atoms. The average Bonchev–Trinajstić information content (AvgIpc) is 3.27. The molecule has 200 valence electrons. The molecule has 3 heterocycles. The van der Waals surface area contributed by atoms with Crippen LogP contribution in [-0.2, 0) is 32.3 Å². The molecule has 0 aromatic heterocycles. The van der Waals surface area contributed by atoms with Gasteiger partial charge in [-0.3, -0.25) is 24.5 Å². The number of carbonyl (C=O) groups excluding carboxylic acids is 4. The molecule has 38 heavy (non-hydrogen) atoms. The lowest BCUT2D eigenvalue weighted by Gasteiger charge is -2.31. The first-order valence-electron chi connectivity index (χ1n) is 12.9. The number of aliphatic hydroxyl groups is 1. The lowest BCUT2D eigenvalue weighted by atomic mass is 9.86. The normalized spacial score (nSPS) is 20.6. The number of piperidine rings is 1. The zero-order valence-corrected chi connectivity index (χ0v) is 21.0. The van der Waals surface area contributed by atoms with E-state index < -0.39 is 24.5 Å². The van der Waals surface area contributed by atoms with Gasteiger partial charge in [0.05, 0.1) is 12.6 Å². The summed E-state index contributed by atoms with van der Waals surface area (Å²) in [4.78, 5) is 50.4. The van der Waals surface area contributed by atoms with Gasteiger partial charge in [0, 0.05) is 30.8 Å². The van der Waals surface area contributed by atoms with Crippen LogP contribution in [0.1, 0.15) is 58.8 Å². The van der Waals surface area contributed by atoms with Crippen molar-refractivity contribution in [1.29, 1.82) is 0 Å². The molecule has 0 saturated carbocycles. The van der Waals surface area contributed by atoms with Gasteiger partial charge in [0.1, 0.15) is 25.0 Å². The Morgan fingerprint density at radius 1 is 1.11 bits per heavy atom. The van der Waals surface area contributed by atoms with Crippen molar-refractivity contribution in [1.82, 2.24) is 15.5 Å². The van der Waals surface area contributed by atoms with Gasteiger partial charge in [-0.1, -0.05) is 30.3 Å². The highest BCUT2D eigenvalue weighted by molar-refractivity contribution is 6.05. The van der Waals surface area contributed by atoms with Crippen LogP contribution in [0.25, 0.3) is 0 Å². The molecule has 5 rings (SSSR count). The van der Waals surface area contributed by atoms with Gasteiger partial charge >= 0.3 is 0 Å². The fraction of sp³-hybridized carbons (Fsp3) is 0.429. The van der Waals surface area contributed by atoms with Gasteiger partial charge in [-0.2, -0.15) is 0 Å². The van der Waals surface area contributed by atoms with E-state index in [-0.39, 0.29) is 43.3 Å². The number of hydrogen-bond donors (Lipinski definition) is 3. The predicted molar refractivity (Wildman–Crippen MR) is 135 cm³/mol. The second-order valence-electron chi connectivity index (χ2n) is 9.87. The average molecular weight is 522 g/mol. The fourth-order valence-corrected chi connectivity index (χ4v) is 5.42. The molecule has 2 atom stereocenters. The van der Waals surface area contributed by atoms with Gasteiger partial charge in [-0.25, -0.2) is 0 Å². The van der Waals surface area contributed by atoms with Gasteiger partial charge < -0.3 is 24.8 Å². The second-order valence-corrected chi connectivity index (χ2v) is 9.87. The van der Waals surface area contributed by atoms with E-state index in [2.05, 4.69) is 10.6 Å². The van der Waals surface area contributed by atoms with Crippen molar-refractivity contribution in [2.45, 2.75) is 50.9 Å². The van der Waals surface area contributed by atoms with E-state index in [1.165, 1.54) is 4.90 Å². The number of imide groups is 1. The minimum absolute atomic E-state index is 0.203. The molecule has 2 aromatic carbocycles. The number of hydrogen-bond acceptors (Lipinski definition) is 7. The number of amides is 4. The van der Waals surface area contributed by atoms with Crippen molar-refractivity contribution < 1.29 is 33.8 Å². The van der Waals surface area contributed by atoms with Crippen molar-refractivity contribution >= 4 is 23.6 Å². The molecule has 10 heteroatoms. The number of rotatable bonds is 8. The van der Waals surface area contributed by atoms with Crippen molar-refractivity contribution in [3.8, 4) is 5.75 Å². The van der Waals surface area contributed by atoms with Crippen LogP contribution in [0.5, 0.6) is 5.75 Å². The number of ether oxygens (including phenoxy) is 2. The zero-order chi connectivity index (χ0) is 26.6. The molecule has 0 spiro atoms. The summed E-state index contributed by atoms with van der Waals surface area (Å²) in [5.41, 5.74) is 3.09. The highest BCUT2D eigenvalue weighted by Gasteiger charge is 2.40. The SMILES string of the molecule is O=C1CC[C@H](N2Cc3c(OCc4ccc(C(NC(=O)CO)C5CCOCC5)cc4)cccc3C2=O)C(=O)N1. The molecule has 10 nitrogen and oxygen atoms in total. The summed E-state index contributed by atoms with van der Waals surface area (Å²) < 4.78 is 11.6. The quantitative estimate of drug-likeness (QED) is 0.449. The van der Waals surface area contributed by atoms with Crippen LogP contribution in [0.2, 0.25) is 0 Å². The summed E-state index contributed by atoms with van der Waals surface area (Å²) in [6.45, 7) is 1.25. The summed E-state index contributed by atoms with van der Waals surface area (Å²) in [5, 5.41) is 14.5. The maximum absolute atomic E-state index is 13.0. The lowest BCUT2D eigenvalue weighted by molar-refractivity contribution is -0.137. The molecule has 2 saturated heterocycles. The molecule has 1 unspecified atom stereocenters. The molecule has 0 aliphatic carbocycles. The number of benzene rings is 2. The van der Waals surface area contributed by atoms with Gasteiger partial charge in [-0.15, -0.1) is 0 Å². The van der Waals surface area contributed by atoms with E-state index in [0.29, 0.717) is 30.9 Å². The third-order valence-corrected chi connectivity index (χ3v) is 7.47. The fourth-order valence-electron chi connectivity index (χ4n) is 5.42. The Labute approximate surface area is 220 Å². The molecule has 3 N–H and O–H groups in total. The van der Waals surface area contributed by atoms with Crippen LogP contribution in [0.4, 0.5) is 0 Å². The first kappa shape index (κ1) is 25.9. The largest absolute Gasteiger partial charge is 0.489 e. The maximum Gasteiger partial charge on any atom is 0.255 e. The van der Waals surface area contributed by atoms with Crippen LogP contribution < -0.4 is 15.4 Å². The van der Waals surface area contributed by atoms with E-state index in [0.717, 1.165) is 29.5 Å². The first-order valence-corrected chi connectivity index (χ1v) is 12.9. The first-order chi connectivity index (χ1) is 18.4. The number of aliphatic hydroxyl groups excluding tert-OH is 1. The number of carbonyl (C=O) groups is 4. The van der Waals surface area contributed by atoms with E-state index >= 15 is 0 Å². The Morgan fingerprint density at radius 2 is 1.87 bits per heavy atom. The predicted octanol–water partition coefficient (Wildman–Crippen LogP) is 1.60. The Kier molecular flexibility index (Phi) is 7.71. The highest BCUT2D eigenvalue weighted by atomic mass is 16.5. The topological polar surface area (TPSA) is 134 Å². The third kappa shape index (κ3) is 5.41. The van der Waals surface area contributed by atoms with E-state index in [9.17, 15) is 24.3 Å². The van der Waals surface area contributed by atoms with E-state index in [1.54, 1.807) is 18.2 Å². The summed E-state index contributed by atoms with van der Waals surface area (Å²) in [5.74, 6) is -0.622. The smallest absolute Gasteiger partial charge is 0.255 e. The van der Waals surface area contributed by atoms with E-state index in [1.807, 2.05) is 24.3 Å². The Balaban J connectivity index is 1.26. The monoisotopic (exact) mass is 521 g/mol.